The molecule has 0 amide bonds. The fraction of sp³-hybridized carbons (Fsp3) is 0.400. The molecule has 102 valence electrons. The largest absolute Gasteiger partial charge is 0.398 e. The highest BCUT2D eigenvalue weighted by Gasteiger charge is 2.22. The van der Waals surface area contributed by atoms with Gasteiger partial charge < -0.3 is 10.5 Å². The van der Waals surface area contributed by atoms with Gasteiger partial charge in [0.2, 0.25) is 10.0 Å². The van der Waals surface area contributed by atoms with Gasteiger partial charge in [-0.05, 0) is 35.0 Å². The standard InChI is InChI=1S/C10H14BrFN2O3S/c1-6(5-17-2)14-18(15,16)10-4-9(13)7(11)3-8(10)12/h3-4,6,14H,5,13H2,1-2H3. The summed E-state index contributed by atoms with van der Waals surface area (Å²) in [5.74, 6) is -0.867. The first-order chi connectivity index (χ1) is 8.27. The summed E-state index contributed by atoms with van der Waals surface area (Å²) in [6.45, 7) is 1.80. The van der Waals surface area contributed by atoms with Gasteiger partial charge in [0.05, 0.1) is 6.61 Å². The molecule has 0 aliphatic rings. The Morgan fingerprint density at radius 2 is 2.17 bits per heavy atom. The van der Waals surface area contributed by atoms with Crippen LogP contribution in [0, 0.1) is 5.82 Å². The molecule has 1 aromatic carbocycles. The molecular weight excluding hydrogens is 327 g/mol. The SMILES string of the molecule is COCC(C)NS(=O)(=O)c1cc(N)c(Br)cc1F. The Balaban J connectivity index is 3.09. The lowest BCUT2D eigenvalue weighted by molar-refractivity contribution is 0.180. The summed E-state index contributed by atoms with van der Waals surface area (Å²) in [5, 5.41) is 0. The Morgan fingerprint density at radius 1 is 1.56 bits per heavy atom. The highest BCUT2D eigenvalue weighted by Crippen LogP contribution is 2.26. The fourth-order valence-electron chi connectivity index (χ4n) is 1.36. The van der Waals surface area contributed by atoms with Gasteiger partial charge in [-0.15, -0.1) is 0 Å². The minimum Gasteiger partial charge on any atom is -0.398 e. The summed E-state index contributed by atoms with van der Waals surface area (Å²) in [4.78, 5) is -0.480. The van der Waals surface area contributed by atoms with Crippen molar-refractivity contribution < 1.29 is 17.5 Å². The summed E-state index contributed by atoms with van der Waals surface area (Å²) in [5.41, 5.74) is 5.69. The molecule has 0 aliphatic heterocycles. The average Bonchev–Trinajstić information content (AvgIpc) is 2.22. The summed E-state index contributed by atoms with van der Waals surface area (Å²) in [6.07, 6.45) is 0. The highest BCUT2D eigenvalue weighted by molar-refractivity contribution is 9.10. The molecule has 1 aromatic rings. The zero-order chi connectivity index (χ0) is 13.9. The Bertz CT molecular complexity index is 536. The molecule has 0 fully saturated rings. The molecule has 5 nitrogen and oxygen atoms in total. The summed E-state index contributed by atoms with van der Waals surface area (Å²) in [6, 6.07) is 1.62. The fourth-order valence-corrected chi connectivity index (χ4v) is 3.00. The van der Waals surface area contributed by atoms with Crippen LogP contribution in [0.2, 0.25) is 0 Å². The van der Waals surface area contributed by atoms with E-state index in [2.05, 4.69) is 20.7 Å². The van der Waals surface area contributed by atoms with Crippen molar-refractivity contribution >= 4 is 31.6 Å². The van der Waals surface area contributed by atoms with Gasteiger partial charge in [0, 0.05) is 23.3 Å². The molecule has 0 radical (unpaired) electrons. The summed E-state index contributed by atoms with van der Waals surface area (Å²) in [7, 11) is -2.51. The Labute approximate surface area is 114 Å². The zero-order valence-electron chi connectivity index (χ0n) is 9.91. The second-order valence-electron chi connectivity index (χ2n) is 3.78. The Morgan fingerprint density at radius 3 is 2.72 bits per heavy atom. The van der Waals surface area contributed by atoms with E-state index in [-0.39, 0.29) is 12.3 Å². The first kappa shape index (κ1) is 15.4. The van der Waals surface area contributed by atoms with Crippen LogP contribution in [0.3, 0.4) is 0 Å². The van der Waals surface area contributed by atoms with Crippen LogP contribution in [-0.2, 0) is 14.8 Å². The van der Waals surface area contributed by atoms with Crippen LogP contribution in [0.25, 0.3) is 0 Å². The number of nitrogens with one attached hydrogen (secondary N) is 1. The molecule has 0 aromatic heterocycles. The zero-order valence-corrected chi connectivity index (χ0v) is 12.3. The first-order valence-corrected chi connectivity index (χ1v) is 7.31. The van der Waals surface area contributed by atoms with E-state index in [0.717, 1.165) is 12.1 Å². The van der Waals surface area contributed by atoms with Crippen LogP contribution in [-0.4, -0.2) is 28.2 Å². The second kappa shape index (κ2) is 5.96. The quantitative estimate of drug-likeness (QED) is 0.795. The van der Waals surface area contributed by atoms with Crippen molar-refractivity contribution in [1.82, 2.24) is 4.72 Å². The average molecular weight is 341 g/mol. The van der Waals surface area contributed by atoms with Gasteiger partial charge in [-0.25, -0.2) is 17.5 Å². The van der Waals surface area contributed by atoms with Crippen molar-refractivity contribution in [2.45, 2.75) is 17.9 Å². The normalized spacial score (nSPS) is 13.6. The molecule has 0 saturated carbocycles. The van der Waals surface area contributed by atoms with Crippen molar-refractivity contribution in [3.05, 3.63) is 22.4 Å². The van der Waals surface area contributed by atoms with E-state index in [9.17, 15) is 12.8 Å². The van der Waals surface area contributed by atoms with Gasteiger partial charge in [0.25, 0.3) is 0 Å². The summed E-state index contributed by atoms with van der Waals surface area (Å²) < 4.78 is 44.9. The van der Waals surface area contributed by atoms with Crippen LogP contribution in [0.1, 0.15) is 6.92 Å². The lowest BCUT2D eigenvalue weighted by Gasteiger charge is -2.14. The molecule has 0 heterocycles. The number of anilines is 1. The molecular formula is C10H14BrFN2O3S. The highest BCUT2D eigenvalue weighted by atomic mass is 79.9. The van der Waals surface area contributed by atoms with Crippen molar-refractivity contribution in [3.63, 3.8) is 0 Å². The number of sulfonamides is 1. The van der Waals surface area contributed by atoms with E-state index >= 15 is 0 Å². The predicted molar refractivity (Wildman–Crippen MR) is 70.2 cm³/mol. The molecule has 1 rings (SSSR count). The molecule has 1 atom stereocenters. The molecule has 0 bridgehead atoms. The van der Waals surface area contributed by atoms with Crippen LogP contribution in [0.5, 0.6) is 0 Å². The van der Waals surface area contributed by atoms with Crippen LogP contribution in [0.15, 0.2) is 21.5 Å². The molecule has 0 spiro atoms. The lowest BCUT2D eigenvalue weighted by atomic mass is 10.3. The minimum atomic E-state index is -3.96. The minimum absolute atomic E-state index is 0.149. The van der Waals surface area contributed by atoms with Gasteiger partial charge in [-0.2, -0.15) is 0 Å². The van der Waals surface area contributed by atoms with Gasteiger partial charge in [-0.1, -0.05) is 0 Å². The molecule has 3 N–H and O–H groups in total. The van der Waals surface area contributed by atoms with E-state index in [1.54, 1.807) is 6.92 Å². The number of rotatable bonds is 5. The third-order valence-electron chi connectivity index (χ3n) is 2.11. The number of hydrogen-bond donors (Lipinski definition) is 2. The molecule has 0 aliphatic carbocycles. The summed E-state index contributed by atoms with van der Waals surface area (Å²) >= 11 is 3.02. The third kappa shape index (κ3) is 3.64. The van der Waals surface area contributed by atoms with Crippen LogP contribution in [0.4, 0.5) is 10.1 Å². The number of halogens is 2. The van der Waals surface area contributed by atoms with Gasteiger partial charge in [0.15, 0.2) is 0 Å². The Kier molecular flexibility index (Phi) is 5.09. The lowest BCUT2D eigenvalue weighted by Crippen LogP contribution is -2.36. The van der Waals surface area contributed by atoms with E-state index < -0.39 is 26.8 Å². The number of benzene rings is 1. The van der Waals surface area contributed by atoms with Crippen LogP contribution >= 0.6 is 15.9 Å². The van der Waals surface area contributed by atoms with Gasteiger partial charge >= 0.3 is 0 Å². The number of ether oxygens (including phenoxy) is 1. The van der Waals surface area contributed by atoms with E-state index in [4.69, 9.17) is 10.5 Å². The second-order valence-corrected chi connectivity index (χ2v) is 6.32. The number of nitrogen functional groups attached to an aromatic ring is 1. The predicted octanol–water partition coefficient (Wildman–Crippen LogP) is 1.48. The molecule has 0 saturated heterocycles. The monoisotopic (exact) mass is 340 g/mol. The topological polar surface area (TPSA) is 81.4 Å². The maximum absolute atomic E-state index is 13.6. The number of methoxy groups -OCH3 is 1. The van der Waals surface area contributed by atoms with Crippen LogP contribution < -0.4 is 10.5 Å². The molecule has 1 unspecified atom stereocenters. The third-order valence-corrected chi connectivity index (χ3v) is 4.41. The van der Waals surface area contributed by atoms with Gasteiger partial charge in [-0.3, -0.25) is 0 Å². The molecule has 8 heteroatoms. The molecule has 18 heavy (non-hydrogen) atoms. The van der Waals surface area contributed by atoms with E-state index in [1.807, 2.05) is 0 Å². The number of hydrogen-bond acceptors (Lipinski definition) is 4. The first-order valence-electron chi connectivity index (χ1n) is 5.03. The van der Waals surface area contributed by atoms with Crippen molar-refractivity contribution in [2.75, 3.05) is 19.5 Å². The maximum atomic E-state index is 13.6. The van der Waals surface area contributed by atoms with Crippen molar-refractivity contribution in [1.29, 1.82) is 0 Å². The maximum Gasteiger partial charge on any atom is 0.243 e. The van der Waals surface area contributed by atoms with E-state index in [0.29, 0.717) is 4.47 Å². The van der Waals surface area contributed by atoms with E-state index in [1.165, 1.54) is 7.11 Å². The smallest absolute Gasteiger partial charge is 0.243 e. The van der Waals surface area contributed by atoms with Gasteiger partial charge in [0.1, 0.15) is 10.7 Å². The van der Waals surface area contributed by atoms with Crippen molar-refractivity contribution in [2.24, 2.45) is 0 Å². The Hall–Kier alpha value is -0.700. The van der Waals surface area contributed by atoms with Crippen molar-refractivity contribution in [3.8, 4) is 0 Å². The number of nitrogens with two attached hydrogens (primary N) is 1.